The fourth-order valence-electron chi connectivity index (χ4n) is 1.87. The topological polar surface area (TPSA) is 41.1 Å². The van der Waals surface area contributed by atoms with Gasteiger partial charge in [-0.15, -0.1) is 0 Å². The number of hydrogen-bond acceptors (Lipinski definition) is 2. The summed E-state index contributed by atoms with van der Waals surface area (Å²) in [5.74, 6) is 0. The first-order chi connectivity index (χ1) is 7.04. The Kier molecular flexibility index (Phi) is 2.01. The summed E-state index contributed by atoms with van der Waals surface area (Å²) in [6.45, 7) is 6.32. The second-order valence-electron chi connectivity index (χ2n) is 4.63. The van der Waals surface area contributed by atoms with Gasteiger partial charge in [0.2, 0.25) is 0 Å². The molecule has 0 bridgehead atoms. The molecule has 0 saturated heterocycles. The molecule has 2 heterocycles. The molecule has 0 aliphatic rings. The molecule has 0 N–H and O–H groups in total. The van der Waals surface area contributed by atoms with E-state index in [9.17, 15) is 0 Å². The van der Waals surface area contributed by atoms with Gasteiger partial charge in [0.1, 0.15) is 6.07 Å². The first-order valence-electron chi connectivity index (χ1n) is 4.91. The second kappa shape index (κ2) is 3.09. The Morgan fingerprint density at radius 1 is 1.40 bits per heavy atom. The maximum atomic E-state index is 9.08. The molecule has 2 rings (SSSR count). The predicted molar refractivity (Wildman–Crippen MR) is 58.6 cm³/mol. The van der Waals surface area contributed by atoms with Gasteiger partial charge in [-0.25, -0.2) is 4.52 Å². The Morgan fingerprint density at radius 2 is 2.13 bits per heavy atom. The van der Waals surface area contributed by atoms with Gasteiger partial charge in [0.15, 0.2) is 0 Å². The van der Waals surface area contributed by atoms with Gasteiger partial charge in [0.25, 0.3) is 0 Å². The lowest BCUT2D eigenvalue weighted by atomic mass is 9.84. The molecular weight excluding hydrogens is 186 g/mol. The van der Waals surface area contributed by atoms with Gasteiger partial charge in [-0.1, -0.05) is 20.8 Å². The lowest BCUT2D eigenvalue weighted by Gasteiger charge is -2.21. The van der Waals surface area contributed by atoms with Crippen molar-refractivity contribution in [2.75, 3.05) is 0 Å². The molecule has 0 radical (unpaired) electrons. The fraction of sp³-hybridized carbons (Fsp3) is 0.333. The van der Waals surface area contributed by atoms with Crippen molar-refractivity contribution >= 4 is 5.52 Å². The molecule has 0 saturated carbocycles. The van der Waals surface area contributed by atoms with Crippen LogP contribution in [0.15, 0.2) is 24.5 Å². The van der Waals surface area contributed by atoms with Gasteiger partial charge in [-0.3, -0.25) is 0 Å². The summed E-state index contributed by atoms with van der Waals surface area (Å²) in [6, 6.07) is 6.15. The molecule has 15 heavy (non-hydrogen) atoms. The van der Waals surface area contributed by atoms with E-state index in [1.54, 1.807) is 10.7 Å². The molecule has 0 unspecified atom stereocenters. The number of rotatable bonds is 0. The van der Waals surface area contributed by atoms with E-state index < -0.39 is 0 Å². The molecule has 76 valence electrons. The van der Waals surface area contributed by atoms with E-state index in [1.165, 1.54) is 0 Å². The van der Waals surface area contributed by atoms with Gasteiger partial charge < -0.3 is 0 Å². The highest BCUT2D eigenvalue weighted by Crippen LogP contribution is 2.29. The minimum atomic E-state index is -0.0480. The average molecular weight is 199 g/mol. The standard InChI is InChI=1S/C12H13N3/c1-12(2,3)11-9(7-13)8-14-15-6-4-5-10(11)15/h4-6,8H,1-3H3. The monoisotopic (exact) mass is 199 g/mol. The molecule has 0 fully saturated rings. The first-order valence-corrected chi connectivity index (χ1v) is 4.91. The summed E-state index contributed by atoms with van der Waals surface area (Å²) in [4.78, 5) is 0. The van der Waals surface area contributed by atoms with Crippen molar-refractivity contribution in [2.45, 2.75) is 26.2 Å². The van der Waals surface area contributed by atoms with Crippen LogP contribution in [0, 0.1) is 11.3 Å². The number of fused-ring (bicyclic) bond motifs is 1. The van der Waals surface area contributed by atoms with Crippen molar-refractivity contribution in [3.05, 3.63) is 35.7 Å². The van der Waals surface area contributed by atoms with Crippen LogP contribution in [0.1, 0.15) is 31.9 Å². The quantitative estimate of drug-likeness (QED) is 0.654. The van der Waals surface area contributed by atoms with E-state index in [4.69, 9.17) is 5.26 Å². The molecule has 0 amide bonds. The molecule has 2 aromatic heterocycles. The van der Waals surface area contributed by atoms with Crippen LogP contribution < -0.4 is 0 Å². The van der Waals surface area contributed by atoms with Gasteiger partial charge >= 0.3 is 0 Å². The zero-order chi connectivity index (χ0) is 11.1. The third-order valence-corrected chi connectivity index (χ3v) is 2.44. The Bertz CT molecular complexity index is 538. The van der Waals surface area contributed by atoms with Crippen LogP contribution in [0.2, 0.25) is 0 Å². The van der Waals surface area contributed by atoms with E-state index in [0.717, 1.165) is 11.1 Å². The Labute approximate surface area is 89.0 Å². The summed E-state index contributed by atoms with van der Waals surface area (Å²) in [7, 11) is 0. The van der Waals surface area contributed by atoms with E-state index >= 15 is 0 Å². The van der Waals surface area contributed by atoms with Crippen LogP contribution in [-0.2, 0) is 5.41 Å². The van der Waals surface area contributed by atoms with Crippen LogP contribution in [0.4, 0.5) is 0 Å². The van der Waals surface area contributed by atoms with Crippen molar-refractivity contribution in [3.8, 4) is 6.07 Å². The summed E-state index contributed by atoms with van der Waals surface area (Å²) in [5, 5.41) is 13.3. The van der Waals surface area contributed by atoms with Gasteiger partial charge in [-0.2, -0.15) is 10.4 Å². The van der Waals surface area contributed by atoms with E-state index in [0.29, 0.717) is 5.56 Å². The fourth-order valence-corrected chi connectivity index (χ4v) is 1.87. The molecule has 0 aliphatic heterocycles. The predicted octanol–water partition coefficient (Wildman–Crippen LogP) is 2.50. The molecule has 3 heteroatoms. The number of hydrogen-bond donors (Lipinski definition) is 0. The van der Waals surface area contributed by atoms with Crippen LogP contribution in [0.25, 0.3) is 5.52 Å². The van der Waals surface area contributed by atoms with Crippen LogP contribution in [0.3, 0.4) is 0 Å². The van der Waals surface area contributed by atoms with Crippen molar-refractivity contribution < 1.29 is 0 Å². The molecular formula is C12H13N3. The van der Waals surface area contributed by atoms with Crippen LogP contribution in [-0.4, -0.2) is 9.61 Å². The van der Waals surface area contributed by atoms with Crippen molar-refractivity contribution in [1.82, 2.24) is 9.61 Å². The lowest BCUT2D eigenvalue weighted by molar-refractivity contribution is 0.588. The van der Waals surface area contributed by atoms with Crippen LogP contribution in [0.5, 0.6) is 0 Å². The lowest BCUT2D eigenvalue weighted by Crippen LogP contribution is -2.15. The minimum Gasteiger partial charge on any atom is -0.241 e. The maximum absolute atomic E-state index is 9.08. The zero-order valence-electron chi connectivity index (χ0n) is 9.15. The smallest absolute Gasteiger partial charge is 0.101 e. The third kappa shape index (κ3) is 1.48. The normalized spacial score (nSPS) is 11.6. The van der Waals surface area contributed by atoms with E-state index in [2.05, 4.69) is 31.9 Å². The highest BCUT2D eigenvalue weighted by atomic mass is 15.2. The SMILES string of the molecule is CC(C)(C)c1c(C#N)cnn2cccc12. The number of aromatic nitrogens is 2. The zero-order valence-corrected chi connectivity index (χ0v) is 9.15. The van der Waals surface area contributed by atoms with Gasteiger partial charge in [0.05, 0.1) is 17.3 Å². The Balaban J connectivity index is 2.88. The Morgan fingerprint density at radius 3 is 2.73 bits per heavy atom. The van der Waals surface area contributed by atoms with E-state index in [1.807, 2.05) is 18.3 Å². The Hall–Kier alpha value is -1.82. The molecule has 0 aromatic carbocycles. The second-order valence-corrected chi connectivity index (χ2v) is 4.63. The third-order valence-electron chi connectivity index (χ3n) is 2.44. The van der Waals surface area contributed by atoms with Crippen molar-refractivity contribution in [3.63, 3.8) is 0 Å². The molecule has 0 spiro atoms. The number of nitriles is 1. The first kappa shape index (κ1) is 9.72. The molecule has 2 aromatic rings. The summed E-state index contributed by atoms with van der Waals surface area (Å²) in [5.41, 5.74) is 2.69. The highest BCUT2D eigenvalue weighted by molar-refractivity contribution is 5.62. The van der Waals surface area contributed by atoms with E-state index in [-0.39, 0.29) is 5.41 Å². The van der Waals surface area contributed by atoms with Crippen molar-refractivity contribution in [2.24, 2.45) is 0 Å². The maximum Gasteiger partial charge on any atom is 0.101 e. The molecule has 0 atom stereocenters. The molecule has 3 nitrogen and oxygen atoms in total. The minimum absolute atomic E-state index is 0.0480. The van der Waals surface area contributed by atoms with Gasteiger partial charge in [0, 0.05) is 11.8 Å². The van der Waals surface area contributed by atoms with Crippen LogP contribution >= 0.6 is 0 Å². The summed E-state index contributed by atoms with van der Waals surface area (Å²) >= 11 is 0. The largest absolute Gasteiger partial charge is 0.241 e. The van der Waals surface area contributed by atoms with Crippen molar-refractivity contribution in [1.29, 1.82) is 5.26 Å². The summed E-state index contributed by atoms with van der Waals surface area (Å²) in [6.07, 6.45) is 3.53. The summed E-state index contributed by atoms with van der Waals surface area (Å²) < 4.78 is 1.81. The molecule has 0 aliphatic carbocycles. The average Bonchev–Trinajstić information content (AvgIpc) is 2.61. The highest BCUT2D eigenvalue weighted by Gasteiger charge is 2.21. The number of nitrogens with zero attached hydrogens (tertiary/aromatic N) is 3. The van der Waals surface area contributed by atoms with Gasteiger partial charge in [-0.05, 0) is 17.5 Å².